The number of carbonyl (C=O) groups is 1. The van der Waals surface area contributed by atoms with Crippen molar-refractivity contribution in [2.75, 3.05) is 19.8 Å². The molecule has 1 aromatic heterocycles. The molecule has 1 aromatic carbocycles. The number of carbonyl (C=O) groups excluding carboxylic acids is 1. The summed E-state index contributed by atoms with van der Waals surface area (Å²) in [5.74, 6) is 0. The molecule has 2 aromatic rings. The van der Waals surface area contributed by atoms with Gasteiger partial charge in [0.15, 0.2) is 0 Å². The summed E-state index contributed by atoms with van der Waals surface area (Å²) in [7, 11) is 0. The van der Waals surface area contributed by atoms with Gasteiger partial charge in [0.2, 0.25) is 0 Å². The van der Waals surface area contributed by atoms with Crippen molar-refractivity contribution < 1.29 is 9.53 Å². The molecule has 0 spiro atoms. The van der Waals surface area contributed by atoms with E-state index >= 15 is 0 Å². The van der Waals surface area contributed by atoms with E-state index in [0.717, 1.165) is 24.2 Å². The van der Waals surface area contributed by atoms with Gasteiger partial charge in [-0.05, 0) is 43.5 Å². The van der Waals surface area contributed by atoms with Gasteiger partial charge in [0.25, 0.3) is 0 Å². The molecule has 1 N–H and O–H groups in total. The summed E-state index contributed by atoms with van der Waals surface area (Å²) in [6.07, 6.45) is 3.79. The molecule has 3 rings (SSSR count). The lowest BCUT2D eigenvalue weighted by Crippen LogP contribution is -2.42. The van der Waals surface area contributed by atoms with E-state index < -0.39 is 0 Å². The summed E-state index contributed by atoms with van der Waals surface area (Å²) in [6, 6.07) is 12.5. The topological polar surface area (TPSA) is 46.5 Å². The van der Waals surface area contributed by atoms with Crippen LogP contribution in [-0.2, 0) is 11.3 Å². The third-order valence-corrected chi connectivity index (χ3v) is 4.68. The number of hydrogen-bond donors (Lipinski definition) is 1. The third kappa shape index (κ3) is 3.71. The fourth-order valence-corrected chi connectivity index (χ4v) is 3.48. The molecule has 2 heterocycles. The number of nitrogens with one attached hydrogen (secondary N) is 1. The first kappa shape index (κ1) is 17.5. The van der Waals surface area contributed by atoms with Crippen LogP contribution >= 0.6 is 0 Å². The Hall–Kier alpha value is -2.27. The molecule has 134 valence electrons. The minimum atomic E-state index is -0.00667. The van der Waals surface area contributed by atoms with Gasteiger partial charge < -0.3 is 19.5 Å². The largest absolute Gasteiger partial charge is 0.382 e. The molecule has 0 unspecified atom stereocenters. The highest BCUT2D eigenvalue weighted by atomic mass is 16.5. The molecule has 25 heavy (non-hydrogen) atoms. The number of fused-ring (bicyclic) bond motifs is 3. The van der Waals surface area contributed by atoms with E-state index in [9.17, 15) is 4.79 Å². The van der Waals surface area contributed by atoms with Crippen molar-refractivity contribution in [1.29, 1.82) is 0 Å². The minimum absolute atomic E-state index is 0.00667. The highest BCUT2D eigenvalue weighted by Gasteiger charge is 2.30. The maximum atomic E-state index is 12.9. The summed E-state index contributed by atoms with van der Waals surface area (Å²) >= 11 is 0. The molecule has 0 radical (unpaired) electrons. The first-order chi connectivity index (χ1) is 12.3. The lowest BCUT2D eigenvalue weighted by Gasteiger charge is -2.29. The summed E-state index contributed by atoms with van der Waals surface area (Å²) in [6.45, 7) is 6.76. The van der Waals surface area contributed by atoms with Crippen LogP contribution in [0.4, 0.5) is 4.79 Å². The normalized spacial score (nSPS) is 16.1. The average Bonchev–Trinajstić information content (AvgIpc) is 3.06. The van der Waals surface area contributed by atoms with E-state index in [0.29, 0.717) is 26.3 Å². The van der Waals surface area contributed by atoms with Crippen LogP contribution in [0.25, 0.3) is 5.69 Å². The molecule has 0 aliphatic carbocycles. The number of ether oxygens (including phenoxy) is 1. The number of urea groups is 1. The minimum Gasteiger partial charge on any atom is -0.382 e. The molecule has 1 aliphatic rings. The molecule has 0 saturated carbocycles. The van der Waals surface area contributed by atoms with Crippen LogP contribution in [0.5, 0.6) is 0 Å². The third-order valence-electron chi connectivity index (χ3n) is 4.68. The molecule has 5 heteroatoms. The van der Waals surface area contributed by atoms with Crippen molar-refractivity contribution in [3.8, 4) is 5.69 Å². The number of benzene rings is 1. The number of aromatic nitrogens is 1. The Morgan fingerprint density at radius 1 is 1.24 bits per heavy atom. The van der Waals surface area contributed by atoms with Crippen molar-refractivity contribution in [2.45, 2.75) is 39.3 Å². The van der Waals surface area contributed by atoms with Crippen molar-refractivity contribution in [3.05, 3.63) is 53.9 Å². The monoisotopic (exact) mass is 341 g/mol. The fourth-order valence-electron chi connectivity index (χ4n) is 3.48. The molecular formula is C20H27N3O2. The predicted octanol–water partition coefficient (Wildman–Crippen LogP) is 3.88. The quantitative estimate of drug-likeness (QED) is 0.811. The number of amides is 2. The van der Waals surface area contributed by atoms with Crippen LogP contribution in [0.15, 0.2) is 42.6 Å². The molecule has 0 bridgehead atoms. The standard InChI is InChI=1S/C20H27N3O2/c1-3-17-19-11-7-13-22(19)18-10-6-5-9-16(18)15-23(17)20(24)21-12-8-14-25-4-2/h5-7,9-11,13,17H,3-4,8,12,14-15H2,1-2H3,(H,21,24)/t17-/m1/s1. The fraction of sp³-hybridized carbons (Fsp3) is 0.450. The Labute approximate surface area is 149 Å². The zero-order valence-electron chi connectivity index (χ0n) is 15.1. The van der Waals surface area contributed by atoms with Crippen LogP contribution in [-0.4, -0.2) is 35.3 Å². The Morgan fingerprint density at radius 3 is 2.88 bits per heavy atom. The number of hydrogen-bond acceptors (Lipinski definition) is 2. The molecule has 0 saturated heterocycles. The van der Waals surface area contributed by atoms with E-state index in [1.54, 1.807) is 0 Å². The van der Waals surface area contributed by atoms with Gasteiger partial charge in [0.05, 0.1) is 18.3 Å². The van der Waals surface area contributed by atoms with Gasteiger partial charge in [-0.25, -0.2) is 4.79 Å². The molecule has 5 nitrogen and oxygen atoms in total. The molecule has 1 atom stereocenters. The van der Waals surface area contributed by atoms with Gasteiger partial charge in [0, 0.05) is 31.6 Å². The van der Waals surface area contributed by atoms with Crippen LogP contribution in [0.2, 0.25) is 0 Å². The zero-order valence-corrected chi connectivity index (χ0v) is 15.1. The molecule has 1 aliphatic heterocycles. The van der Waals surface area contributed by atoms with Gasteiger partial charge in [-0.15, -0.1) is 0 Å². The van der Waals surface area contributed by atoms with Crippen molar-refractivity contribution in [3.63, 3.8) is 0 Å². The van der Waals surface area contributed by atoms with Gasteiger partial charge >= 0.3 is 6.03 Å². The van der Waals surface area contributed by atoms with Gasteiger partial charge in [0.1, 0.15) is 0 Å². The first-order valence-corrected chi connectivity index (χ1v) is 9.14. The van der Waals surface area contributed by atoms with E-state index in [-0.39, 0.29) is 12.1 Å². The second-order valence-corrected chi connectivity index (χ2v) is 6.27. The Bertz CT molecular complexity index is 710. The lowest BCUT2D eigenvalue weighted by atomic mass is 10.1. The van der Waals surface area contributed by atoms with Crippen LogP contribution in [0.1, 0.15) is 44.0 Å². The summed E-state index contributed by atoms with van der Waals surface area (Å²) in [5, 5.41) is 3.05. The molecular weight excluding hydrogens is 314 g/mol. The van der Waals surface area contributed by atoms with Crippen molar-refractivity contribution >= 4 is 6.03 Å². The average molecular weight is 341 g/mol. The highest BCUT2D eigenvalue weighted by Crippen LogP contribution is 2.33. The summed E-state index contributed by atoms with van der Waals surface area (Å²) in [4.78, 5) is 14.8. The summed E-state index contributed by atoms with van der Waals surface area (Å²) in [5.41, 5.74) is 3.49. The SMILES string of the molecule is CCOCCCNC(=O)N1Cc2ccccc2-n2cccc2[C@H]1CC. The Morgan fingerprint density at radius 2 is 2.08 bits per heavy atom. The van der Waals surface area contributed by atoms with E-state index in [2.05, 4.69) is 47.3 Å². The van der Waals surface area contributed by atoms with Gasteiger partial charge in [-0.1, -0.05) is 25.1 Å². The Kier molecular flexibility index (Phi) is 5.76. The second-order valence-electron chi connectivity index (χ2n) is 6.27. The molecule has 0 fully saturated rings. The van der Waals surface area contributed by atoms with Gasteiger partial charge in [-0.2, -0.15) is 0 Å². The summed E-state index contributed by atoms with van der Waals surface area (Å²) < 4.78 is 7.55. The maximum absolute atomic E-state index is 12.9. The number of para-hydroxylation sites is 1. The zero-order chi connectivity index (χ0) is 17.6. The van der Waals surface area contributed by atoms with Crippen LogP contribution < -0.4 is 5.32 Å². The van der Waals surface area contributed by atoms with Crippen LogP contribution in [0.3, 0.4) is 0 Å². The Balaban J connectivity index is 1.81. The van der Waals surface area contributed by atoms with Gasteiger partial charge in [-0.3, -0.25) is 0 Å². The highest BCUT2D eigenvalue weighted by molar-refractivity contribution is 5.75. The van der Waals surface area contributed by atoms with E-state index in [1.165, 1.54) is 5.56 Å². The predicted molar refractivity (Wildman–Crippen MR) is 98.9 cm³/mol. The maximum Gasteiger partial charge on any atom is 0.318 e. The number of nitrogens with zero attached hydrogens (tertiary/aromatic N) is 2. The lowest BCUT2D eigenvalue weighted by molar-refractivity contribution is 0.141. The molecule has 2 amide bonds. The van der Waals surface area contributed by atoms with E-state index in [1.807, 2.05) is 24.0 Å². The smallest absolute Gasteiger partial charge is 0.318 e. The van der Waals surface area contributed by atoms with Crippen molar-refractivity contribution in [1.82, 2.24) is 14.8 Å². The van der Waals surface area contributed by atoms with Crippen LogP contribution in [0, 0.1) is 0 Å². The first-order valence-electron chi connectivity index (χ1n) is 9.14. The number of rotatable bonds is 6. The van der Waals surface area contributed by atoms with E-state index in [4.69, 9.17) is 4.74 Å². The second kappa shape index (κ2) is 8.21. The van der Waals surface area contributed by atoms with Crippen molar-refractivity contribution in [2.24, 2.45) is 0 Å².